The lowest BCUT2D eigenvalue weighted by atomic mass is 9.96. The molecule has 2 aromatic rings. The molecule has 3 heteroatoms. The molecule has 1 fully saturated rings. The van der Waals surface area contributed by atoms with E-state index in [9.17, 15) is 0 Å². The van der Waals surface area contributed by atoms with Gasteiger partial charge in [0.2, 0.25) is 0 Å². The fourth-order valence-corrected chi connectivity index (χ4v) is 3.28. The lowest BCUT2D eigenvalue weighted by Gasteiger charge is -2.19. The summed E-state index contributed by atoms with van der Waals surface area (Å²) in [6.45, 7) is 0. The van der Waals surface area contributed by atoms with Crippen LogP contribution in [0.4, 0.5) is 5.82 Å². The summed E-state index contributed by atoms with van der Waals surface area (Å²) >= 11 is 0. The first-order valence-corrected chi connectivity index (χ1v) is 8.03. The van der Waals surface area contributed by atoms with E-state index in [0.29, 0.717) is 0 Å². The maximum absolute atomic E-state index is 4.86. The Labute approximate surface area is 125 Å². The first kappa shape index (κ1) is 12.8. The maximum Gasteiger partial charge on any atom is 0.161 e. The Morgan fingerprint density at radius 3 is 2.76 bits per heavy atom. The average molecular weight is 279 g/mol. The van der Waals surface area contributed by atoms with Crippen molar-refractivity contribution >= 4 is 5.82 Å². The number of aryl methyl sites for hydroxylation is 1. The molecule has 0 aliphatic heterocycles. The van der Waals surface area contributed by atoms with E-state index in [0.717, 1.165) is 36.0 Å². The van der Waals surface area contributed by atoms with E-state index >= 15 is 0 Å². The van der Waals surface area contributed by atoms with Crippen LogP contribution in [-0.2, 0) is 12.8 Å². The molecule has 3 nitrogen and oxygen atoms in total. The van der Waals surface area contributed by atoms with Crippen molar-refractivity contribution in [3.05, 3.63) is 41.1 Å². The molecule has 0 atom stereocenters. The minimum atomic E-state index is 0.770. The van der Waals surface area contributed by atoms with Crippen molar-refractivity contribution in [2.45, 2.75) is 44.4 Å². The number of aromatic nitrogens is 2. The summed E-state index contributed by atoms with van der Waals surface area (Å²) < 4.78 is 0. The van der Waals surface area contributed by atoms with Crippen molar-refractivity contribution in [1.29, 1.82) is 0 Å². The van der Waals surface area contributed by atoms with E-state index in [1.807, 2.05) is 7.05 Å². The van der Waals surface area contributed by atoms with Crippen LogP contribution in [0, 0.1) is 0 Å². The summed E-state index contributed by atoms with van der Waals surface area (Å²) in [6, 6.07) is 8.79. The summed E-state index contributed by atoms with van der Waals surface area (Å²) in [5.74, 6) is 2.67. The second-order valence-corrected chi connectivity index (χ2v) is 6.18. The zero-order chi connectivity index (χ0) is 14.2. The lowest BCUT2D eigenvalue weighted by Crippen LogP contribution is -2.11. The summed E-state index contributed by atoms with van der Waals surface area (Å²) in [5.41, 5.74) is 5.17. The number of anilines is 1. The SMILES string of the molecule is CNc1nc(-c2cccc(C3CC3)c2)nc2c1CCCC2. The smallest absolute Gasteiger partial charge is 0.161 e. The van der Waals surface area contributed by atoms with Crippen LogP contribution in [0.25, 0.3) is 11.4 Å². The standard InChI is InChI=1S/C18H21N3/c1-19-18-15-7-2-3-8-16(15)20-17(21-18)14-6-4-5-13(11-14)12-9-10-12/h4-6,11-12H,2-3,7-10H2,1H3,(H,19,20,21). The fraction of sp³-hybridized carbons (Fsp3) is 0.444. The predicted octanol–water partition coefficient (Wildman–Crippen LogP) is 3.94. The third-order valence-corrected chi connectivity index (χ3v) is 4.61. The Morgan fingerprint density at radius 1 is 1.10 bits per heavy atom. The van der Waals surface area contributed by atoms with Crippen molar-refractivity contribution < 1.29 is 0 Å². The molecular weight excluding hydrogens is 258 g/mol. The molecule has 4 rings (SSSR count). The normalized spacial score (nSPS) is 17.4. The highest BCUT2D eigenvalue weighted by molar-refractivity contribution is 5.61. The van der Waals surface area contributed by atoms with Crippen LogP contribution < -0.4 is 5.32 Å². The molecule has 0 unspecified atom stereocenters. The topological polar surface area (TPSA) is 37.8 Å². The highest BCUT2D eigenvalue weighted by Gasteiger charge is 2.24. The van der Waals surface area contributed by atoms with Gasteiger partial charge in [-0.3, -0.25) is 0 Å². The van der Waals surface area contributed by atoms with Gasteiger partial charge in [-0.25, -0.2) is 9.97 Å². The highest BCUT2D eigenvalue weighted by atomic mass is 15.0. The molecule has 1 aromatic heterocycles. The van der Waals surface area contributed by atoms with Crippen molar-refractivity contribution in [1.82, 2.24) is 9.97 Å². The Hall–Kier alpha value is -1.90. The van der Waals surface area contributed by atoms with Gasteiger partial charge in [-0.2, -0.15) is 0 Å². The van der Waals surface area contributed by atoms with Gasteiger partial charge in [0, 0.05) is 23.9 Å². The van der Waals surface area contributed by atoms with Gasteiger partial charge in [0.25, 0.3) is 0 Å². The second kappa shape index (κ2) is 5.14. The Balaban J connectivity index is 1.79. The Kier molecular flexibility index (Phi) is 3.13. The predicted molar refractivity (Wildman–Crippen MR) is 85.6 cm³/mol. The maximum atomic E-state index is 4.86. The molecule has 0 saturated heterocycles. The largest absolute Gasteiger partial charge is 0.373 e. The first-order chi connectivity index (χ1) is 10.3. The Bertz CT molecular complexity index is 657. The molecule has 21 heavy (non-hydrogen) atoms. The first-order valence-electron chi connectivity index (χ1n) is 8.03. The highest BCUT2D eigenvalue weighted by Crippen LogP contribution is 2.41. The van der Waals surface area contributed by atoms with Crippen LogP contribution in [-0.4, -0.2) is 17.0 Å². The van der Waals surface area contributed by atoms with Gasteiger partial charge in [-0.15, -0.1) is 0 Å². The van der Waals surface area contributed by atoms with Crippen LogP contribution in [0.1, 0.15) is 48.4 Å². The Morgan fingerprint density at radius 2 is 1.95 bits per heavy atom. The van der Waals surface area contributed by atoms with Crippen LogP contribution in [0.15, 0.2) is 24.3 Å². The number of nitrogens with zero attached hydrogens (tertiary/aromatic N) is 2. The van der Waals surface area contributed by atoms with E-state index in [1.165, 1.54) is 42.5 Å². The summed E-state index contributed by atoms with van der Waals surface area (Å²) in [6.07, 6.45) is 7.35. The van der Waals surface area contributed by atoms with Crippen molar-refractivity contribution in [2.24, 2.45) is 0 Å². The molecule has 0 radical (unpaired) electrons. The molecule has 2 aliphatic rings. The molecule has 108 valence electrons. The van der Waals surface area contributed by atoms with E-state index < -0.39 is 0 Å². The number of hydrogen-bond donors (Lipinski definition) is 1. The average Bonchev–Trinajstić information content (AvgIpc) is 3.39. The zero-order valence-electron chi connectivity index (χ0n) is 12.5. The van der Waals surface area contributed by atoms with E-state index in [2.05, 4.69) is 29.6 Å². The van der Waals surface area contributed by atoms with Gasteiger partial charge in [0.1, 0.15) is 5.82 Å². The van der Waals surface area contributed by atoms with Crippen LogP contribution in [0.3, 0.4) is 0 Å². The summed E-state index contributed by atoms with van der Waals surface area (Å²) in [5, 5.41) is 3.26. The van der Waals surface area contributed by atoms with Crippen LogP contribution in [0.2, 0.25) is 0 Å². The van der Waals surface area contributed by atoms with Crippen molar-refractivity contribution in [2.75, 3.05) is 12.4 Å². The zero-order valence-corrected chi connectivity index (χ0v) is 12.5. The van der Waals surface area contributed by atoms with Gasteiger partial charge in [-0.1, -0.05) is 18.2 Å². The third kappa shape index (κ3) is 2.41. The third-order valence-electron chi connectivity index (χ3n) is 4.61. The van der Waals surface area contributed by atoms with Crippen LogP contribution >= 0.6 is 0 Å². The molecule has 0 spiro atoms. The van der Waals surface area contributed by atoms with Gasteiger partial charge in [0.15, 0.2) is 5.82 Å². The minimum absolute atomic E-state index is 0.770. The number of benzene rings is 1. The number of rotatable bonds is 3. The van der Waals surface area contributed by atoms with E-state index in [1.54, 1.807) is 0 Å². The van der Waals surface area contributed by atoms with Crippen molar-refractivity contribution in [3.8, 4) is 11.4 Å². The van der Waals surface area contributed by atoms with E-state index in [-0.39, 0.29) is 0 Å². The minimum Gasteiger partial charge on any atom is -0.373 e. The molecule has 2 aliphatic carbocycles. The summed E-state index contributed by atoms with van der Waals surface area (Å²) in [4.78, 5) is 9.64. The summed E-state index contributed by atoms with van der Waals surface area (Å²) in [7, 11) is 1.96. The molecule has 1 aromatic carbocycles. The molecule has 1 N–H and O–H groups in total. The molecule has 1 heterocycles. The van der Waals surface area contributed by atoms with Gasteiger partial charge < -0.3 is 5.32 Å². The molecule has 0 amide bonds. The molecule has 0 bridgehead atoms. The quantitative estimate of drug-likeness (QED) is 0.924. The van der Waals surface area contributed by atoms with Crippen LogP contribution in [0.5, 0.6) is 0 Å². The molecular formula is C18H21N3. The van der Waals surface area contributed by atoms with Gasteiger partial charge >= 0.3 is 0 Å². The van der Waals surface area contributed by atoms with Gasteiger partial charge in [0.05, 0.1) is 0 Å². The lowest BCUT2D eigenvalue weighted by molar-refractivity contribution is 0.665. The number of hydrogen-bond acceptors (Lipinski definition) is 3. The fourth-order valence-electron chi connectivity index (χ4n) is 3.28. The monoisotopic (exact) mass is 279 g/mol. The second-order valence-electron chi connectivity index (χ2n) is 6.18. The molecule has 1 saturated carbocycles. The number of fused-ring (bicyclic) bond motifs is 1. The van der Waals surface area contributed by atoms with Gasteiger partial charge in [-0.05, 0) is 56.1 Å². The van der Waals surface area contributed by atoms with E-state index in [4.69, 9.17) is 9.97 Å². The van der Waals surface area contributed by atoms with Crippen molar-refractivity contribution in [3.63, 3.8) is 0 Å². The number of nitrogens with one attached hydrogen (secondary N) is 1.